The van der Waals surface area contributed by atoms with E-state index in [1.54, 1.807) is 7.11 Å². The van der Waals surface area contributed by atoms with Crippen LogP contribution in [0.1, 0.15) is 31.0 Å². The summed E-state index contributed by atoms with van der Waals surface area (Å²) in [6.45, 7) is 7.35. The Hall–Kier alpha value is -1.02. The van der Waals surface area contributed by atoms with Gasteiger partial charge in [-0.05, 0) is 37.6 Å². The maximum atomic E-state index is 5.22. The van der Waals surface area contributed by atoms with Gasteiger partial charge in [0.2, 0.25) is 0 Å². The largest absolute Gasteiger partial charge is 0.496 e. The molecule has 2 heteroatoms. The minimum Gasteiger partial charge on any atom is -0.496 e. The van der Waals surface area contributed by atoms with E-state index in [9.17, 15) is 0 Å². The first kappa shape index (κ1) is 11.1. The lowest BCUT2D eigenvalue weighted by atomic mass is 10.1. The lowest BCUT2D eigenvalue weighted by molar-refractivity contribution is 0.411. The summed E-state index contributed by atoms with van der Waals surface area (Å²) in [5.74, 6) is 0.956. The molecule has 0 fully saturated rings. The zero-order valence-corrected chi connectivity index (χ0v) is 9.42. The summed E-state index contributed by atoms with van der Waals surface area (Å²) in [5, 5.41) is 3.39. The van der Waals surface area contributed by atoms with Gasteiger partial charge in [-0.3, -0.25) is 0 Å². The average Bonchev–Trinajstić information content (AvgIpc) is 2.18. The number of benzene rings is 1. The van der Waals surface area contributed by atoms with Crippen molar-refractivity contribution in [1.82, 2.24) is 5.32 Å². The van der Waals surface area contributed by atoms with E-state index in [1.165, 1.54) is 11.1 Å². The van der Waals surface area contributed by atoms with Gasteiger partial charge < -0.3 is 10.1 Å². The zero-order valence-electron chi connectivity index (χ0n) is 9.42. The molecule has 14 heavy (non-hydrogen) atoms. The Morgan fingerprint density at radius 2 is 2.14 bits per heavy atom. The van der Waals surface area contributed by atoms with Crippen LogP contribution in [0.3, 0.4) is 0 Å². The van der Waals surface area contributed by atoms with Crippen molar-refractivity contribution in [3.63, 3.8) is 0 Å². The molecule has 1 aromatic rings. The topological polar surface area (TPSA) is 21.3 Å². The van der Waals surface area contributed by atoms with Crippen molar-refractivity contribution in [2.45, 2.75) is 26.8 Å². The van der Waals surface area contributed by atoms with Gasteiger partial charge in [0.05, 0.1) is 7.11 Å². The van der Waals surface area contributed by atoms with Crippen molar-refractivity contribution in [2.24, 2.45) is 0 Å². The van der Waals surface area contributed by atoms with Gasteiger partial charge in [-0.1, -0.05) is 19.1 Å². The van der Waals surface area contributed by atoms with Crippen molar-refractivity contribution in [3.05, 3.63) is 29.3 Å². The first-order valence-electron chi connectivity index (χ1n) is 5.07. The second-order valence-electron chi connectivity index (χ2n) is 3.51. The van der Waals surface area contributed by atoms with Crippen molar-refractivity contribution in [2.75, 3.05) is 13.7 Å². The molecule has 0 aliphatic carbocycles. The Kier molecular flexibility index (Phi) is 3.96. The van der Waals surface area contributed by atoms with Crippen LogP contribution in [0.25, 0.3) is 0 Å². The molecule has 1 N–H and O–H groups in total. The van der Waals surface area contributed by atoms with Crippen molar-refractivity contribution in [1.29, 1.82) is 0 Å². The second kappa shape index (κ2) is 5.01. The maximum Gasteiger partial charge on any atom is 0.121 e. The Morgan fingerprint density at radius 1 is 1.43 bits per heavy atom. The van der Waals surface area contributed by atoms with Crippen molar-refractivity contribution in [3.8, 4) is 5.75 Å². The summed E-state index contributed by atoms with van der Waals surface area (Å²) in [4.78, 5) is 0. The monoisotopic (exact) mass is 193 g/mol. The third-order valence-corrected chi connectivity index (χ3v) is 2.43. The second-order valence-corrected chi connectivity index (χ2v) is 3.51. The van der Waals surface area contributed by atoms with E-state index in [-0.39, 0.29) is 0 Å². The van der Waals surface area contributed by atoms with E-state index < -0.39 is 0 Å². The van der Waals surface area contributed by atoms with E-state index in [2.05, 4.69) is 38.2 Å². The Labute approximate surface area is 86.3 Å². The van der Waals surface area contributed by atoms with Gasteiger partial charge in [0.15, 0.2) is 0 Å². The van der Waals surface area contributed by atoms with Gasteiger partial charge in [0, 0.05) is 6.04 Å². The molecule has 0 amide bonds. The van der Waals surface area contributed by atoms with E-state index in [0.29, 0.717) is 6.04 Å². The Bertz CT molecular complexity index is 296. The Balaban J connectivity index is 2.85. The van der Waals surface area contributed by atoms with Crippen LogP contribution in [0.4, 0.5) is 0 Å². The predicted octanol–water partition coefficient (Wildman–Crippen LogP) is 2.67. The van der Waals surface area contributed by atoms with Gasteiger partial charge in [-0.2, -0.15) is 0 Å². The fraction of sp³-hybridized carbons (Fsp3) is 0.500. The first-order chi connectivity index (χ1) is 6.69. The number of ether oxygens (including phenoxy) is 1. The zero-order chi connectivity index (χ0) is 10.6. The number of hydrogen-bond donors (Lipinski definition) is 1. The third-order valence-electron chi connectivity index (χ3n) is 2.43. The molecular weight excluding hydrogens is 174 g/mol. The highest BCUT2D eigenvalue weighted by Gasteiger charge is 2.05. The molecule has 0 aliphatic heterocycles. The number of nitrogens with one attached hydrogen (secondary N) is 1. The van der Waals surface area contributed by atoms with Gasteiger partial charge in [-0.25, -0.2) is 0 Å². The van der Waals surface area contributed by atoms with Gasteiger partial charge in [-0.15, -0.1) is 0 Å². The van der Waals surface area contributed by atoms with Gasteiger partial charge in [0.25, 0.3) is 0 Å². The quantitative estimate of drug-likeness (QED) is 0.793. The molecule has 0 aliphatic rings. The number of hydrogen-bond acceptors (Lipinski definition) is 2. The molecule has 0 bridgehead atoms. The first-order valence-corrected chi connectivity index (χ1v) is 5.07. The van der Waals surface area contributed by atoms with Crippen LogP contribution in [-0.2, 0) is 0 Å². The standard InChI is InChI=1S/C12H19NO/c1-5-13-10(3)11-6-7-12(14-4)9(2)8-11/h6-8,10,13H,5H2,1-4H3. The normalized spacial score (nSPS) is 12.6. The molecular formula is C12H19NO. The fourth-order valence-corrected chi connectivity index (χ4v) is 1.60. The molecule has 1 rings (SSSR count). The SMILES string of the molecule is CCNC(C)c1ccc(OC)c(C)c1. The van der Waals surface area contributed by atoms with Crippen LogP contribution in [0.2, 0.25) is 0 Å². The molecule has 0 radical (unpaired) electrons. The van der Waals surface area contributed by atoms with Crippen LogP contribution in [-0.4, -0.2) is 13.7 Å². The maximum absolute atomic E-state index is 5.22. The van der Waals surface area contributed by atoms with Crippen LogP contribution >= 0.6 is 0 Å². The number of rotatable bonds is 4. The van der Waals surface area contributed by atoms with Crippen LogP contribution in [0.5, 0.6) is 5.75 Å². The predicted molar refractivity (Wildman–Crippen MR) is 59.8 cm³/mol. The van der Waals surface area contributed by atoms with E-state index >= 15 is 0 Å². The highest BCUT2D eigenvalue weighted by molar-refractivity contribution is 5.37. The summed E-state index contributed by atoms with van der Waals surface area (Å²) >= 11 is 0. The molecule has 0 spiro atoms. The summed E-state index contributed by atoms with van der Waals surface area (Å²) in [7, 11) is 1.70. The molecule has 2 nitrogen and oxygen atoms in total. The van der Waals surface area contributed by atoms with E-state index in [4.69, 9.17) is 4.74 Å². The smallest absolute Gasteiger partial charge is 0.121 e. The van der Waals surface area contributed by atoms with Crippen LogP contribution in [0.15, 0.2) is 18.2 Å². The molecule has 1 atom stereocenters. The number of aryl methyl sites for hydroxylation is 1. The summed E-state index contributed by atoms with van der Waals surface area (Å²) in [6, 6.07) is 6.72. The molecule has 78 valence electrons. The molecule has 1 unspecified atom stereocenters. The molecule has 0 aromatic heterocycles. The summed E-state index contributed by atoms with van der Waals surface area (Å²) < 4.78 is 5.22. The summed E-state index contributed by atoms with van der Waals surface area (Å²) in [6.07, 6.45) is 0. The summed E-state index contributed by atoms with van der Waals surface area (Å²) in [5.41, 5.74) is 2.50. The highest BCUT2D eigenvalue weighted by atomic mass is 16.5. The van der Waals surface area contributed by atoms with E-state index in [0.717, 1.165) is 12.3 Å². The lowest BCUT2D eigenvalue weighted by Gasteiger charge is -2.14. The number of methoxy groups -OCH3 is 1. The molecule has 0 saturated heterocycles. The third kappa shape index (κ3) is 2.48. The van der Waals surface area contributed by atoms with Crippen LogP contribution < -0.4 is 10.1 Å². The molecule has 1 aromatic carbocycles. The van der Waals surface area contributed by atoms with Crippen molar-refractivity contribution >= 4 is 0 Å². The fourth-order valence-electron chi connectivity index (χ4n) is 1.60. The van der Waals surface area contributed by atoms with Gasteiger partial charge >= 0.3 is 0 Å². The molecule has 0 heterocycles. The minimum atomic E-state index is 0.407. The lowest BCUT2D eigenvalue weighted by Crippen LogP contribution is -2.17. The molecule has 0 saturated carbocycles. The Morgan fingerprint density at radius 3 is 2.64 bits per heavy atom. The van der Waals surface area contributed by atoms with Crippen molar-refractivity contribution < 1.29 is 4.74 Å². The average molecular weight is 193 g/mol. The van der Waals surface area contributed by atoms with E-state index in [1.807, 2.05) is 6.07 Å². The van der Waals surface area contributed by atoms with Gasteiger partial charge in [0.1, 0.15) is 5.75 Å². The highest BCUT2D eigenvalue weighted by Crippen LogP contribution is 2.22. The van der Waals surface area contributed by atoms with Crippen LogP contribution in [0, 0.1) is 6.92 Å². The minimum absolute atomic E-state index is 0.407.